The van der Waals surface area contributed by atoms with Crippen LogP contribution in [0.1, 0.15) is 18.6 Å². The number of amides is 1. The maximum Gasteiger partial charge on any atom is 0.330 e. The van der Waals surface area contributed by atoms with Crippen molar-refractivity contribution < 1.29 is 19.1 Å². The van der Waals surface area contributed by atoms with Crippen LogP contribution in [0.4, 0.5) is 5.69 Å². The number of carbonyl (C=O) groups excluding carboxylic acids is 2. The Hall–Kier alpha value is -2.79. The lowest BCUT2D eigenvalue weighted by Gasteiger charge is -2.34. The fourth-order valence-corrected chi connectivity index (χ4v) is 2.89. The molecule has 1 heterocycles. The van der Waals surface area contributed by atoms with Gasteiger partial charge in [0.15, 0.2) is 0 Å². The van der Waals surface area contributed by atoms with Crippen LogP contribution in [0.25, 0.3) is 0 Å². The quantitative estimate of drug-likeness (QED) is 0.603. The van der Waals surface area contributed by atoms with Gasteiger partial charge in [-0.3, -0.25) is 4.79 Å². The van der Waals surface area contributed by atoms with Crippen LogP contribution in [-0.4, -0.2) is 25.0 Å². The van der Waals surface area contributed by atoms with E-state index in [1.165, 1.54) is 6.08 Å². The third-order valence-electron chi connectivity index (χ3n) is 3.92. The Kier molecular flexibility index (Phi) is 5.58. The minimum atomic E-state index is -0.551. The van der Waals surface area contributed by atoms with Gasteiger partial charge in [0.05, 0.1) is 18.8 Å². The summed E-state index contributed by atoms with van der Waals surface area (Å²) in [6.07, 6.45) is 2.01. The highest BCUT2D eigenvalue weighted by Gasteiger charge is 2.30. The van der Waals surface area contributed by atoms with Gasteiger partial charge in [-0.1, -0.05) is 41.9 Å². The highest BCUT2D eigenvalue weighted by Crippen LogP contribution is 2.39. The van der Waals surface area contributed by atoms with Crippen LogP contribution in [-0.2, 0) is 14.3 Å². The second-order valence-corrected chi connectivity index (χ2v) is 6.10. The van der Waals surface area contributed by atoms with Crippen LogP contribution in [0.2, 0.25) is 5.02 Å². The van der Waals surface area contributed by atoms with Crippen LogP contribution in [0.3, 0.4) is 0 Å². The molecule has 0 N–H and O–H groups in total. The molecule has 0 aromatic heterocycles. The van der Waals surface area contributed by atoms with E-state index in [-0.39, 0.29) is 18.6 Å². The third kappa shape index (κ3) is 4.06. The Balaban J connectivity index is 1.90. The molecule has 0 bridgehead atoms. The van der Waals surface area contributed by atoms with E-state index in [0.717, 1.165) is 11.6 Å². The molecular weight excluding hydrogens is 354 g/mol. The predicted octanol–water partition coefficient (Wildman–Crippen LogP) is 3.93. The van der Waals surface area contributed by atoms with Crippen molar-refractivity contribution in [1.29, 1.82) is 0 Å². The van der Waals surface area contributed by atoms with Crippen LogP contribution in [0, 0.1) is 0 Å². The average Bonchev–Trinajstić information content (AvgIpc) is 2.66. The summed E-state index contributed by atoms with van der Waals surface area (Å²) < 4.78 is 10.9. The van der Waals surface area contributed by atoms with E-state index in [2.05, 4.69) is 0 Å². The van der Waals surface area contributed by atoms with Crippen molar-refractivity contribution in [1.82, 2.24) is 0 Å². The minimum absolute atomic E-state index is 0.256. The molecule has 0 spiro atoms. The number of carbonyl (C=O) groups is 2. The zero-order valence-corrected chi connectivity index (χ0v) is 15.0. The van der Waals surface area contributed by atoms with Gasteiger partial charge in [0.25, 0.3) is 5.91 Å². The summed E-state index contributed by atoms with van der Waals surface area (Å²) in [6.45, 7) is 2.29. The number of ether oxygens (including phenoxy) is 2. The molecule has 1 aliphatic heterocycles. The zero-order chi connectivity index (χ0) is 18.5. The van der Waals surface area contributed by atoms with E-state index < -0.39 is 5.97 Å². The summed E-state index contributed by atoms with van der Waals surface area (Å²) in [5, 5.41) is 0.520. The molecule has 3 rings (SSSR count). The smallest absolute Gasteiger partial charge is 0.330 e. The molecule has 26 heavy (non-hydrogen) atoms. The fraction of sp³-hybridized carbons (Fsp3) is 0.200. The second-order valence-electron chi connectivity index (χ2n) is 5.66. The van der Waals surface area contributed by atoms with E-state index in [4.69, 9.17) is 21.1 Å². The maximum absolute atomic E-state index is 12.7. The lowest BCUT2D eigenvalue weighted by atomic mass is 10.1. The van der Waals surface area contributed by atoms with Crippen molar-refractivity contribution in [2.24, 2.45) is 0 Å². The van der Waals surface area contributed by atoms with Gasteiger partial charge in [-0.2, -0.15) is 0 Å². The van der Waals surface area contributed by atoms with Crippen molar-refractivity contribution in [3.05, 3.63) is 71.3 Å². The molecule has 0 saturated heterocycles. The highest BCUT2D eigenvalue weighted by molar-refractivity contribution is 6.30. The number of nitrogens with zero attached hydrogens (tertiary/aromatic N) is 1. The number of halogens is 1. The zero-order valence-electron chi connectivity index (χ0n) is 14.2. The van der Waals surface area contributed by atoms with Gasteiger partial charge in [0, 0.05) is 23.2 Å². The molecule has 0 saturated carbocycles. The van der Waals surface area contributed by atoms with E-state index in [9.17, 15) is 9.59 Å². The van der Waals surface area contributed by atoms with Crippen molar-refractivity contribution in [3.8, 4) is 5.75 Å². The van der Waals surface area contributed by atoms with Gasteiger partial charge >= 0.3 is 5.97 Å². The summed E-state index contributed by atoms with van der Waals surface area (Å²) in [6, 6.07) is 14.7. The Bertz CT molecular complexity index is 835. The Morgan fingerprint density at radius 1 is 1.23 bits per heavy atom. The maximum atomic E-state index is 12.7. The second kappa shape index (κ2) is 8.06. The number of esters is 1. The molecule has 5 nitrogen and oxygen atoms in total. The number of anilines is 1. The summed E-state index contributed by atoms with van der Waals surface area (Å²) in [4.78, 5) is 25.7. The summed E-state index contributed by atoms with van der Waals surface area (Å²) in [5.74, 6) is -0.355. The first-order valence-corrected chi connectivity index (χ1v) is 8.63. The normalized spacial score (nSPS) is 16.1. The van der Waals surface area contributed by atoms with E-state index in [0.29, 0.717) is 23.0 Å². The third-order valence-corrected chi connectivity index (χ3v) is 4.15. The molecule has 1 amide bonds. The molecular formula is C20H18ClNO4. The van der Waals surface area contributed by atoms with E-state index in [1.54, 1.807) is 30.0 Å². The van der Waals surface area contributed by atoms with Gasteiger partial charge in [0.2, 0.25) is 0 Å². The lowest BCUT2D eigenvalue weighted by molar-refractivity contribution is -0.137. The van der Waals surface area contributed by atoms with Crippen molar-refractivity contribution >= 4 is 29.2 Å². The summed E-state index contributed by atoms with van der Waals surface area (Å²) >= 11 is 6.08. The molecule has 1 atom stereocenters. The summed E-state index contributed by atoms with van der Waals surface area (Å²) in [5.41, 5.74) is 1.56. The van der Waals surface area contributed by atoms with Gasteiger partial charge in [-0.15, -0.1) is 0 Å². The van der Waals surface area contributed by atoms with Crippen LogP contribution in [0.15, 0.2) is 60.7 Å². The van der Waals surface area contributed by atoms with Crippen LogP contribution < -0.4 is 9.64 Å². The van der Waals surface area contributed by atoms with Gasteiger partial charge in [-0.05, 0) is 24.6 Å². The number of rotatable bonds is 4. The largest absolute Gasteiger partial charge is 0.482 e. The molecule has 134 valence electrons. The lowest BCUT2D eigenvalue weighted by Crippen LogP contribution is -2.39. The molecule has 0 radical (unpaired) electrons. The topological polar surface area (TPSA) is 55.8 Å². The fourth-order valence-electron chi connectivity index (χ4n) is 2.73. The van der Waals surface area contributed by atoms with Crippen molar-refractivity contribution in [2.45, 2.75) is 13.0 Å². The van der Waals surface area contributed by atoms with Gasteiger partial charge < -0.3 is 14.4 Å². The van der Waals surface area contributed by atoms with Crippen LogP contribution >= 0.6 is 11.6 Å². The molecule has 1 unspecified atom stereocenters. The van der Waals surface area contributed by atoms with Crippen LogP contribution in [0.5, 0.6) is 5.75 Å². The van der Waals surface area contributed by atoms with Gasteiger partial charge in [0.1, 0.15) is 11.9 Å². The average molecular weight is 372 g/mol. The first-order valence-electron chi connectivity index (χ1n) is 8.26. The molecule has 1 aliphatic rings. The number of hydrogen-bond donors (Lipinski definition) is 0. The number of hydrogen-bond acceptors (Lipinski definition) is 4. The molecule has 2 aromatic carbocycles. The Morgan fingerprint density at radius 2 is 2.00 bits per heavy atom. The van der Waals surface area contributed by atoms with E-state index in [1.807, 2.05) is 30.3 Å². The molecule has 0 fully saturated rings. The van der Waals surface area contributed by atoms with Gasteiger partial charge in [-0.25, -0.2) is 4.79 Å². The highest BCUT2D eigenvalue weighted by atomic mass is 35.5. The SMILES string of the molecule is CCOC(=O)C=CC(=O)N1CC(c2ccccc2)Oc2cc(Cl)ccc21. The standard InChI is InChI=1S/C20H18ClNO4/c1-2-25-20(24)11-10-19(23)22-13-18(14-6-4-3-5-7-14)26-17-12-15(21)8-9-16(17)22/h3-12,18H,2,13H2,1H3. The number of benzene rings is 2. The Morgan fingerprint density at radius 3 is 2.73 bits per heavy atom. The summed E-state index contributed by atoms with van der Waals surface area (Å²) in [7, 11) is 0. The molecule has 6 heteroatoms. The van der Waals surface area contributed by atoms with E-state index >= 15 is 0 Å². The predicted molar refractivity (Wildman–Crippen MR) is 99.4 cm³/mol. The minimum Gasteiger partial charge on any atom is -0.482 e. The van der Waals surface area contributed by atoms with Crippen molar-refractivity contribution in [3.63, 3.8) is 0 Å². The number of fused-ring (bicyclic) bond motifs is 1. The first kappa shape index (κ1) is 18.0. The monoisotopic (exact) mass is 371 g/mol. The molecule has 2 aromatic rings. The Labute approximate surface area is 156 Å². The molecule has 0 aliphatic carbocycles. The van der Waals surface area contributed by atoms with Crippen molar-refractivity contribution in [2.75, 3.05) is 18.1 Å². The first-order chi connectivity index (χ1) is 12.6.